The third-order valence-corrected chi connectivity index (χ3v) is 6.45. The van der Waals surface area contributed by atoms with Crippen molar-refractivity contribution < 1.29 is 23.8 Å². The van der Waals surface area contributed by atoms with Gasteiger partial charge in [0.2, 0.25) is 5.91 Å². The number of para-hydroxylation sites is 2. The predicted octanol–water partition coefficient (Wildman–Crippen LogP) is 4.73. The van der Waals surface area contributed by atoms with E-state index in [0.717, 1.165) is 27.8 Å². The van der Waals surface area contributed by atoms with Crippen LogP contribution < -0.4 is 19.5 Å². The normalized spacial score (nSPS) is 11.6. The van der Waals surface area contributed by atoms with E-state index in [1.807, 2.05) is 61.7 Å². The highest BCUT2D eigenvalue weighted by atomic mass is 16.5. The molecule has 4 rings (SSSR count). The van der Waals surface area contributed by atoms with Crippen molar-refractivity contribution in [3.8, 4) is 17.2 Å². The summed E-state index contributed by atoms with van der Waals surface area (Å²) >= 11 is 0. The van der Waals surface area contributed by atoms with Crippen molar-refractivity contribution in [3.63, 3.8) is 0 Å². The number of carbonyl (C=O) groups excluding carboxylic acids is 2. The second-order valence-electron chi connectivity index (χ2n) is 9.23. The Hall–Kier alpha value is -4.46. The van der Waals surface area contributed by atoms with E-state index in [2.05, 4.69) is 10.3 Å². The van der Waals surface area contributed by atoms with Gasteiger partial charge in [0.1, 0.15) is 17.2 Å². The maximum atomic E-state index is 13.0. The minimum absolute atomic E-state index is 0.0929. The molecule has 4 aromatic rings. The van der Waals surface area contributed by atoms with Crippen LogP contribution in [0.25, 0.3) is 10.9 Å². The van der Waals surface area contributed by atoms with Gasteiger partial charge >= 0.3 is 0 Å². The van der Waals surface area contributed by atoms with E-state index in [1.54, 1.807) is 36.3 Å². The number of benzene rings is 3. The zero-order valence-electron chi connectivity index (χ0n) is 22.6. The van der Waals surface area contributed by atoms with Crippen molar-refractivity contribution in [2.75, 3.05) is 26.9 Å². The molecule has 0 aliphatic carbocycles. The number of ether oxygens (including phenoxy) is 3. The Bertz CT molecular complexity index is 1380. The van der Waals surface area contributed by atoms with Gasteiger partial charge < -0.3 is 29.4 Å². The van der Waals surface area contributed by atoms with Gasteiger partial charge in [-0.25, -0.2) is 0 Å². The van der Waals surface area contributed by atoms with Crippen LogP contribution in [0.5, 0.6) is 17.2 Å². The number of methoxy groups -OCH3 is 1. The lowest BCUT2D eigenvalue weighted by Gasteiger charge is -2.28. The molecular formula is C31H35N3O5. The monoisotopic (exact) mass is 529 g/mol. The smallest absolute Gasteiger partial charge is 0.258 e. The van der Waals surface area contributed by atoms with E-state index < -0.39 is 0 Å². The van der Waals surface area contributed by atoms with Crippen molar-refractivity contribution in [2.24, 2.45) is 0 Å². The van der Waals surface area contributed by atoms with Gasteiger partial charge in [-0.05, 0) is 55.3 Å². The summed E-state index contributed by atoms with van der Waals surface area (Å²) in [5, 5.41) is 4.18. The largest absolute Gasteiger partial charge is 0.496 e. The molecule has 8 nitrogen and oxygen atoms in total. The number of nitrogens with one attached hydrogen (secondary N) is 2. The number of rotatable bonds is 13. The molecule has 0 aliphatic heterocycles. The molecule has 2 amide bonds. The van der Waals surface area contributed by atoms with Crippen LogP contribution in [0.4, 0.5) is 0 Å². The number of carbonyl (C=O) groups is 2. The van der Waals surface area contributed by atoms with E-state index in [0.29, 0.717) is 37.6 Å². The second kappa shape index (κ2) is 13.4. The average molecular weight is 530 g/mol. The number of hydrogen-bond donors (Lipinski definition) is 2. The lowest BCUT2D eigenvalue weighted by atomic mass is 10.0. The van der Waals surface area contributed by atoms with Crippen LogP contribution in [0, 0.1) is 0 Å². The van der Waals surface area contributed by atoms with Crippen LogP contribution in [0.1, 0.15) is 25.0 Å². The number of aromatic amines is 1. The predicted molar refractivity (Wildman–Crippen MR) is 151 cm³/mol. The third-order valence-electron chi connectivity index (χ3n) is 6.45. The van der Waals surface area contributed by atoms with Crippen LogP contribution in [0.3, 0.4) is 0 Å². The van der Waals surface area contributed by atoms with Gasteiger partial charge in [0.25, 0.3) is 5.91 Å². The van der Waals surface area contributed by atoms with E-state index in [9.17, 15) is 9.59 Å². The zero-order chi connectivity index (χ0) is 27.6. The molecule has 0 unspecified atom stereocenters. The van der Waals surface area contributed by atoms with Crippen LogP contribution in [-0.2, 0) is 22.6 Å². The lowest BCUT2D eigenvalue weighted by Crippen LogP contribution is -2.47. The fraction of sp³-hybridized carbons (Fsp3) is 0.290. The Morgan fingerprint density at radius 1 is 0.923 bits per heavy atom. The number of hydrogen-bond acceptors (Lipinski definition) is 5. The van der Waals surface area contributed by atoms with Crippen LogP contribution in [0.15, 0.2) is 79.0 Å². The molecule has 1 heterocycles. The molecule has 1 aromatic heterocycles. The van der Waals surface area contributed by atoms with Gasteiger partial charge in [0.05, 0.1) is 19.8 Å². The minimum Gasteiger partial charge on any atom is -0.496 e. The molecule has 0 saturated carbocycles. The molecule has 0 aliphatic rings. The van der Waals surface area contributed by atoms with Gasteiger partial charge in [-0.3, -0.25) is 9.59 Å². The summed E-state index contributed by atoms with van der Waals surface area (Å²) < 4.78 is 16.7. The van der Waals surface area contributed by atoms with Crippen LogP contribution in [0.2, 0.25) is 0 Å². The standard InChI is InChI=1S/C31H35N3O5/c1-4-38-26-13-15-27(16-14-26)39-21-31(36)33-25(17-24-18-32-29-11-7-6-10-28(24)29)20-34(22(2)35)19-23-9-5-8-12-30(23)37-3/h5-16,18,25,32H,4,17,19-21H2,1-3H3,(H,33,36)/t25-/m1/s1. The molecule has 0 bridgehead atoms. The van der Waals surface area contributed by atoms with Crippen LogP contribution in [-0.4, -0.2) is 54.6 Å². The van der Waals surface area contributed by atoms with Crippen molar-refractivity contribution >= 4 is 22.7 Å². The first-order valence-electron chi connectivity index (χ1n) is 13.0. The Morgan fingerprint density at radius 3 is 2.33 bits per heavy atom. The first kappa shape index (κ1) is 27.6. The maximum absolute atomic E-state index is 13.0. The highest BCUT2D eigenvalue weighted by Gasteiger charge is 2.22. The zero-order valence-corrected chi connectivity index (χ0v) is 22.6. The first-order chi connectivity index (χ1) is 19.0. The van der Waals surface area contributed by atoms with Crippen molar-refractivity contribution in [2.45, 2.75) is 32.9 Å². The molecule has 0 saturated heterocycles. The summed E-state index contributed by atoms with van der Waals surface area (Å²) in [6.45, 7) is 4.57. The Kier molecular flexibility index (Phi) is 9.45. The lowest BCUT2D eigenvalue weighted by molar-refractivity contribution is -0.131. The van der Waals surface area contributed by atoms with Crippen molar-refractivity contribution in [1.82, 2.24) is 15.2 Å². The van der Waals surface area contributed by atoms with Gasteiger partial charge in [-0.15, -0.1) is 0 Å². The first-order valence-corrected chi connectivity index (χ1v) is 13.0. The van der Waals surface area contributed by atoms with Crippen LogP contribution >= 0.6 is 0 Å². The minimum atomic E-state index is -0.348. The number of aromatic nitrogens is 1. The van der Waals surface area contributed by atoms with Gasteiger partial charge in [0.15, 0.2) is 6.61 Å². The highest BCUT2D eigenvalue weighted by molar-refractivity contribution is 5.83. The highest BCUT2D eigenvalue weighted by Crippen LogP contribution is 2.22. The van der Waals surface area contributed by atoms with Crippen molar-refractivity contribution in [3.05, 3.63) is 90.1 Å². The maximum Gasteiger partial charge on any atom is 0.258 e. The molecular weight excluding hydrogens is 494 g/mol. The summed E-state index contributed by atoms with van der Waals surface area (Å²) in [6, 6.07) is 22.4. The Labute approximate surface area is 228 Å². The molecule has 39 heavy (non-hydrogen) atoms. The molecule has 0 fully saturated rings. The fourth-order valence-corrected chi connectivity index (χ4v) is 4.55. The number of fused-ring (bicyclic) bond motifs is 1. The van der Waals surface area contributed by atoms with Crippen molar-refractivity contribution in [1.29, 1.82) is 0 Å². The summed E-state index contributed by atoms with van der Waals surface area (Å²) in [5.41, 5.74) is 2.98. The van der Waals surface area contributed by atoms with E-state index >= 15 is 0 Å². The molecule has 8 heteroatoms. The molecule has 2 N–H and O–H groups in total. The number of nitrogens with zero attached hydrogens (tertiary/aromatic N) is 1. The number of amides is 2. The second-order valence-corrected chi connectivity index (χ2v) is 9.23. The molecule has 3 aromatic carbocycles. The summed E-state index contributed by atoms with van der Waals surface area (Å²) in [5.74, 6) is 1.67. The molecule has 204 valence electrons. The number of H-pyrrole nitrogens is 1. The Morgan fingerprint density at radius 2 is 1.62 bits per heavy atom. The SMILES string of the molecule is CCOc1ccc(OCC(=O)N[C@H](Cc2c[nH]c3ccccc23)CN(Cc2ccccc2OC)C(C)=O)cc1. The fourth-order valence-electron chi connectivity index (χ4n) is 4.55. The third kappa shape index (κ3) is 7.54. The molecule has 1 atom stereocenters. The van der Waals surface area contributed by atoms with Gasteiger partial charge in [-0.2, -0.15) is 0 Å². The summed E-state index contributed by atoms with van der Waals surface area (Å²) in [7, 11) is 1.61. The Balaban J connectivity index is 1.49. The van der Waals surface area contributed by atoms with E-state index in [1.165, 1.54) is 6.92 Å². The quantitative estimate of drug-likeness (QED) is 0.261. The van der Waals surface area contributed by atoms with Gasteiger partial charge in [0, 0.05) is 42.7 Å². The average Bonchev–Trinajstić information content (AvgIpc) is 3.35. The van der Waals surface area contributed by atoms with Gasteiger partial charge in [-0.1, -0.05) is 36.4 Å². The summed E-state index contributed by atoms with van der Waals surface area (Å²) in [4.78, 5) is 30.7. The topological polar surface area (TPSA) is 92.9 Å². The van der Waals surface area contributed by atoms with E-state index in [-0.39, 0.29) is 24.5 Å². The van der Waals surface area contributed by atoms with E-state index in [4.69, 9.17) is 14.2 Å². The summed E-state index contributed by atoms with van der Waals surface area (Å²) in [6.07, 6.45) is 2.49. The molecule has 0 spiro atoms. The molecule has 0 radical (unpaired) electrons.